The molecule has 0 aliphatic rings. The number of hydrogen-bond donors (Lipinski definition) is 1. The van der Waals surface area contributed by atoms with Gasteiger partial charge in [0.1, 0.15) is 0 Å². The summed E-state index contributed by atoms with van der Waals surface area (Å²) in [7, 11) is 0. The molecular weight excluding hydrogens is 306 g/mol. The van der Waals surface area contributed by atoms with Crippen molar-refractivity contribution in [1.82, 2.24) is 0 Å². The number of benzene rings is 2. The Morgan fingerprint density at radius 3 is 2.08 bits per heavy atom. The average Bonchev–Trinajstić information content (AvgIpc) is 2.60. The van der Waals surface area contributed by atoms with Gasteiger partial charge in [0.2, 0.25) is 0 Å². The molecule has 0 heterocycles. The van der Waals surface area contributed by atoms with Crippen LogP contribution in [-0.4, -0.2) is 23.8 Å². The Labute approximate surface area is 140 Å². The van der Waals surface area contributed by atoms with Gasteiger partial charge in [-0.2, -0.15) is 0 Å². The van der Waals surface area contributed by atoms with Gasteiger partial charge in [0, 0.05) is 12.0 Å². The van der Waals surface area contributed by atoms with Crippen LogP contribution in [-0.2, 0) is 14.3 Å². The van der Waals surface area contributed by atoms with Crippen LogP contribution in [0.15, 0.2) is 54.6 Å². The van der Waals surface area contributed by atoms with Gasteiger partial charge in [-0.05, 0) is 18.1 Å². The quantitative estimate of drug-likeness (QED) is 0.626. The lowest BCUT2D eigenvalue weighted by Crippen LogP contribution is -2.30. The molecule has 0 saturated heterocycles. The van der Waals surface area contributed by atoms with Crippen molar-refractivity contribution in [3.05, 3.63) is 60.2 Å². The molecule has 2 aromatic carbocycles. The second kappa shape index (κ2) is 8.06. The lowest BCUT2D eigenvalue weighted by molar-refractivity contribution is -0.153. The number of nitrogens with two attached hydrogens (primary N) is 1. The molecule has 2 aromatic rings. The van der Waals surface area contributed by atoms with Gasteiger partial charge in [-0.1, -0.05) is 54.6 Å². The standard InChI is InChI=1S/C19H19NO4/c1-13(19(20)23)24-18(22)12-11-17(21)16-9-7-15(8-10-16)14-5-3-2-4-6-14/h2-10,13H,11-12H2,1H3,(H2,20,23)/t13-/m1/s1. The van der Waals surface area contributed by atoms with Crippen molar-refractivity contribution in [3.8, 4) is 11.1 Å². The molecule has 0 spiro atoms. The summed E-state index contributed by atoms with van der Waals surface area (Å²) in [6.45, 7) is 1.39. The molecule has 0 saturated carbocycles. The number of ketones is 1. The molecule has 124 valence electrons. The minimum atomic E-state index is -0.988. The van der Waals surface area contributed by atoms with E-state index in [1.807, 2.05) is 42.5 Å². The maximum absolute atomic E-state index is 12.1. The van der Waals surface area contributed by atoms with Crippen molar-refractivity contribution in [2.75, 3.05) is 0 Å². The van der Waals surface area contributed by atoms with Gasteiger partial charge < -0.3 is 10.5 Å². The van der Waals surface area contributed by atoms with Gasteiger partial charge >= 0.3 is 5.97 Å². The van der Waals surface area contributed by atoms with E-state index in [0.29, 0.717) is 5.56 Å². The van der Waals surface area contributed by atoms with E-state index in [4.69, 9.17) is 10.5 Å². The first-order valence-corrected chi connectivity index (χ1v) is 7.65. The molecule has 0 aliphatic heterocycles. The van der Waals surface area contributed by atoms with Crippen molar-refractivity contribution in [1.29, 1.82) is 0 Å². The van der Waals surface area contributed by atoms with E-state index in [9.17, 15) is 14.4 Å². The number of esters is 1. The van der Waals surface area contributed by atoms with Crippen LogP contribution in [0.5, 0.6) is 0 Å². The van der Waals surface area contributed by atoms with E-state index in [-0.39, 0.29) is 18.6 Å². The maximum Gasteiger partial charge on any atom is 0.307 e. The van der Waals surface area contributed by atoms with E-state index >= 15 is 0 Å². The topological polar surface area (TPSA) is 86.5 Å². The molecule has 1 atom stereocenters. The predicted octanol–water partition coefficient (Wildman–Crippen LogP) is 2.73. The number of Topliss-reactive ketones (excluding diaryl/α,β-unsaturated/α-hetero) is 1. The molecular formula is C19H19NO4. The van der Waals surface area contributed by atoms with Gasteiger partial charge in [0.15, 0.2) is 11.9 Å². The fraction of sp³-hybridized carbons (Fsp3) is 0.211. The number of carbonyl (C=O) groups is 3. The third-order valence-corrected chi connectivity index (χ3v) is 3.58. The van der Waals surface area contributed by atoms with Crippen molar-refractivity contribution in [2.24, 2.45) is 5.73 Å². The van der Waals surface area contributed by atoms with E-state index in [0.717, 1.165) is 11.1 Å². The molecule has 0 aromatic heterocycles. The molecule has 5 nitrogen and oxygen atoms in total. The first-order chi connectivity index (χ1) is 11.5. The summed E-state index contributed by atoms with van der Waals surface area (Å²) in [6.07, 6.45) is -1.05. The third-order valence-electron chi connectivity index (χ3n) is 3.58. The molecule has 2 rings (SSSR count). The molecule has 2 N–H and O–H groups in total. The first-order valence-electron chi connectivity index (χ1n) is 7.65. The molecule has 24 heavy (non-hydrogen) atoms. The molecule has 0 fully saturated rings. The lowest BCUT2D eigenvalue weighted by atomic mass is 10.0. The number of hydrogen-bond acceptors (Lipinski definition) is 4. The molecule has 5 heteroatoms. The van der Waals surface area contributed by atoms with Crippen molar-refractivity contribution >= 4 is 17.7 Å². The van der Waals surface area contributed by atoms with Crippen molar-refractivity contribution in [3.63, 3.8) is 0 Å². The number of amides is 1. The van der Waals surface area contributed by atoms with E-state index in [1.54, 1.807) is 12.1 Å². The summed E-state index contributed by atoms with van der Waals surface area (Å²) in [5.41, 5.74) is 7.63. The Hall–Kier alpha value is -2.95. The lowest BCUT2D eigenvalue weighted by Gasteiger charge is -2.09. The molecule has 0 unspecified atom stereocenters. The van der Waals surface area contributed by atoms with Crippen molar-refractivity contribution < 1.29 is 19.1 Å². The highest BCUT2D eigenvalue weighted by atomic mass is 16.5. The second-order valence-corrected chi connectivity index (χ2v) is 5.40. The van der Waals surface area contributed by atoms with Crippen LogP contribution >= 0.6 is 0 Å². The number of rotatable bonds is 7. The van der Waals surface area contributed by atoms with Crippen LogP contribution in [0.1, 0.15) is 30.1 Å². The molecule has 0 bridgehead atoms. The van der Waals surface area contributed by atoms with Crippen molar-refractivity contribution in [2.45, 2.75) is 25.9 Å². The zero-order chi connectivity index (χ0) is 17.5. The fourth-order valence-electron chi connectivity index (χ4n) is 2.15. The zero-order valence-corrected chi connectivity index (χ0v) is 13.4. The van der Waals surface area contributed by atoms with E-state index in [2.05, 4.69) is 0 Å². The van der Waals surface area contributed by atoms with E-state index < -0.39 is 18.0 Å². The summed E-state index contributed by atoms with van der Waals surface area (Å²) >= 11 is 0. The Balaban J connectivity index is 1.91. The molecule has 1 amide bonds. The second-order valence-electron chi connectivity index (χ2n) is 5.40. The van der Waals surface area contributed by atoms with Crippen LogP contribution < -0.4 is 5.73 Å². The highest BCUT2D eigenvalue weighted by molar-refractivity contribution is 5.98. The minimum Gasteiger partial charge on any atom is -0.453 e. The predicted molar refractivity (Wildman–Crippen MR) is 90.2 cm³/mol. The normalized spacial score (nSPS) is 11.5. The Morgan fingerprint density at radius 2 is 1.50 bits per heavy atom. The largest absolute Gasteiger partial charge is 0.453 e. The fourth-order valence-corrected chi connectivity index (χ4v) is 2.15. The van der Waals surface area contributed by atoms with Crippen LogP contribution in [0.3, 0.4) is 0 Å². The first kappa shape index (κ1) is 17.4. The van der Waals surface area contributed by atoms with E-state index in [1.165, 1.54) is 6.92 Å². The molecule has 0 radical (unpaired) electrons. The average molecular weight is 325 g/mol. The number of carbonyl (C=O) groups excluding carboxylic acids is 3. The molecule has 0 aliphatic carbocycles. The van der Waals surface area contributed by atoms with Gasteiger partial charge in [-0.15, -0.1) is 0 Å². The Kier molecular flexibility index (Phi) is 5.84. The van der Waals surface area contributed by atoms with Gasteiger partial charge in [-0.25, -0.2) is 0 Å². The monoisotopic (exact) mass is 325 g/mol. The highest BCUT2D eigenvalue weighted by Gasteiger charge is 2.16. The van der Waals surface area contributed by atoms with Crippen LogP contribution in [0.2, 0.25) is 0 Å². The van der Waals surface area contributed by atoms with Gasteiger partial charge in [0.05, 0.1) is 6.42 Å². The van der Waals surface area contributed by atoms with Gasteiger partial charge in [-0.3, -0.25) is 14.4 Å². The number of ether oxygens (including phenoxy) is 1. The Bertz CT molecular complexity index is 723. The third kappa shape index (κ3) is 4.78. The summed E-state index contributed by atoms with van der Waals surface area (Å²) in [5.74, 6) is -1.49. The van der Waals surface area contributed by atoms with Gasteiger partial charge in [0.25, 0.3) is 5.91 Å². The SMILES string of the molecule is C[C@@H](OC(=O)CCC(=O)c1ccc(-c2ccccc2)cc1)C(N)=O. The zero-order valence-electron chi connectivity index (χ0n) is 13.4. The smallest absolute Gasteiger partial charge is 0.307 e. The highest BCUT2D eigenvalue weighted by Crippen LogP contribution is 2.20. The summed E-state index contributed by atoms with van der Waals surface area (Å²) in [5, 5.41) is 0. The van der Waals surface area contributed by atoms with Crippen LogP contribution in [0, 0.1) is 0 Å². The van der Waals surface area contributed by atoms with Crippen LogP contribution in [0.4, 0.5) is 0 Å². The Morgan fingerprint density at radius 1 is 0.917 bits per heavy atom. The summed E-state index contributed by atoms with van der Waals surface area (Å²) in [4.78, 5) is 34.5. The summed E-state index contributed by atoms with van der Waals surface area (Å²) < 4.78 is 4.81. The minimum absolute atomic E-state index is 0.0228. The van der Waals surface area contributed by atoms with Crippen LogP contribution in [0.25, 0.3) is 11.1 Å². The number of primary amides is 1. The summed E-state index contributed by atoms with van der Waals surface area (Å²) in [6, 6.07) is 17.1. The maximum atomic E-state index is 12.1.